The quantitative estimate of drug-likeness (QED) is 0.164. The molecular weight excluding hydrogens is 661 g/mol. The van der Waals surface area contributed by atoms with Gasteiger partial charge in [0, 0.05) is 35.1 Å². The minimum Gasteiger partial charge on any atom is -0.493 e. The number of amides is 2. The molecule has 0 heterocycles. The van der Waals surface area contributed by atoms with Crippen LogP contribution in [0.5, 0.6) is 11.5 Å². The molecule has 0 fully saturated rings. The molecule has 248 valence electrons. The predicted octanol–water partition coefficient (Wildman–Crippen LogP) is 6.37. The molecule has 12 heteroatoms. The third-order valence-electron chi connectivity index (χ3n) is 7.28. The summed E-state index contributed by atoms with van der Waals surface area (Å²) >= 11 is 12.4. The molecule has 0 aliphatic heterocycles. The van der Waals surface area contributed by atoms with Crippen LogP contribution in [0.1, 0.15) is 25.0 Å². The zero-order valence-corrected chi connectivity index (χ0v) is 28.9. The Morgan fingerprint density at radius 1 is 0.787 bits per heavy atom. The van der Waals surface area contributed by atoms with Gasteiger partial charge in [0.25, 0.3) is 10.0 Å². The summed E-state index contributed by atoms with van der Waals surface area (Å²) in [6.07, 6.45) is 0.190. The highest BCUT2D eigenvalue weighted by molar-refractivity contribution is 7.92. The summed E-state index contributed by atoms with van der Waals surface area (Å²) in [6, 6.07) is 25.4. The monoisotopic (exact) mass is 697 g/mol. The topological polar surface area (TPSA) is 105 Å². The molecule has 0 aliphatic rings. The van der Waals surface area contributed by atoms with Gasteiger partial charge in [-0.05, 0) is 73.5 Å². The number of halogens is 2. The fourth-order valence-electron chi connectivity index (χ4n) is 5.01. The van der Waals surface area contributed by atoms with E-state index in [-0.39, 0.29) is 41.2 Å². The number of carbonyl (C=O) groups is 2. The Labute approximate surface area is 286 Å². The van der Waals surface area contributed by atoms with Gasteiger partial charge >= 0.3 is 0 Å². The van der Waals surface area contributed by atoms with Crippen molar-refractivity contribution >= 4 is 50.7 Å². The van der Waals surface area contributed by atoms with Gasteiger partial charge in [-0.25, -0.2) is 8.42 Å². The minimum atomic E-state index is -4.37. The van der Waals surface area contributed by atoms with Crippen molar-refractivity contribution < 1.29 is 27.5 Å². The number of rotatable bonds is 14. The van der Waals surface area contributed by atoms with Crippen molar-refractivity contribution in [3.8, 4) is 11.5 Å². The molecule has 9 nitrogen and oxygen atoms in total. The number of nitrogens with one attached hydrogen (secondary N) is 1. The minimum absolute atomic E-state index is 0.00667. The van der Waals surface area contributed by atoms with E-state index in [1.165, 1.54) is 61.6 Å². The van der Waals surface area contributed by atoms with Crippen LogP contribution in [0.2, 0.25) is 10.0 Å². The van der Waals surface area contributed by atoms with E-state index in [4.69, 9.17) is 32.7 Å². The number of benzene rings is 4. The molecule has 0 saturated carbocycles. The lowest BCUT2D eigenvalue weighted by molar-refractivity contribution is -0.140. The fourth-order valence-corrected chi connectivity index (χ4v) is 6.78. The van der Waals surface area contributed by atoms with E-state index in [0.717, 1.165) is 9.87 Å². The van der Waals surface area contributed by atoms with E-state index in [1.54, 1.807) is 24.3 Å². The Morgan fingerprint density at radius 3 is 2.06 bits per heavy atom. The molecule has 0 spiro atoms. The fraction of sp³-hybridized carbons (Fsp3) is 0.257. The summed E-state index contributed by atoms with van der Waals surface area (Å²) in [5, 5.41) is 3.78. The molecule has 0 bridgehead atoms. The molecule has 0 saturated heterocycles. The molecule has 0 unspecified atom stereocenters. The Hall–Kier alpha value is -4.25. The van der Waals surface area contributed by atoms with Gasteiger partial charge in [-0.2, -0.15) is 0 Å². The molecule has 0 radical (unpaired) electrons. The molecule has 0 aliphatic carbocycles. The number of carbonyl (C=O) groups excluding carboxylic acids is 2. The Bertz CT molecular complexity index is 1790. The molecule has 4 aromatic rings. The summed E-state index contributed by atoms with van der Waals surface area (Å²) < 4.78 is 40.3. The van der Waals surface area contributed by atoms with Crippen molar-refractivity contribution in [2.45, 2.75) is 43.8 Å². The van der Waals surface area contributed by atoms with Gasteiger partial charge in [0.05, 0.1) is 24.8 Å². The zero-order valence-electron chi connectivity index (χ0n) is 26.5. The van der Waals surface area contributed by atoms with Gasteiger partial charge in [0.15, 0.2) is 11.5 Å². The number of nitrogens with zero attached hydrogens (tertiary/aromatic N) is 2. The van der Waals surface area contributed by atoms with Gasteiger partial charge in [-0.3, -0.25) is 13.9 Å². The Morgan fingerprint density at radius 2 is 1.45 bits per heavy atom. The van der Waals surface area contributed by atoms with Crippen LogP contribution >= 0.6 is 23.2 Å². The first kappa shape index (κ1) is 35.6. The van der Waals surface area contributed by atoms with E-state index < -0.39 is 28.5 Å². The van der Waals surface area contributed by atoms with E-state index in [0.29, 0.717) is 21.4 Å². The maximum absolute atomic E-state index is 14.5. The number of hydrogen-bond acceptors (Lipinski definition) is 6. The summed E-state index contributed by atoms with van der Waals surface area (Å²) in [6.45, 7) is 3.03. The first-order valence-corrected chi connectivity index (χ1v) is 17.0. The van der Waals surface area contributed by atoms with Crippen LogP contribution in [0.3, 0.4) is 0 Å². The summed E-state index contributed by atoms with van der Waals surface area (Å²) in [7, 11) is -1.53. The van der Waals surface area contributed by atoms with E-state index in [1.807, 2.05) is 44.2 Å². The average molecular weight is 699 g/mol. The van der Waals surface area contributed by atoms with Crippen molar-refractivity contribution in [1.82, 2.24) is 10.2 Å². The third kappa shape index (κ3) is 9.18. The Balaban J connectivity index is 1.83. The first-order chi connectivity index (χ1) is 22.4. The molecule has 4 rings (SSSR count). The second-order valence-corrected chi connectivity index (χ2v) is 13.8. The van der Waals surface area contributed by atoms with Crippen molar-refractivity contribution in [3.63, 3.8) is 0 Å². The number of anilines is 1. The third-order valence-corrected chi connectivity index (χ3v) is 9.54. The summed E-state index contributed by atoms with van der Waals surface area (Å²) in [4.78, 5) is 29.6. The first-order valence-electron chi connectivity index (χ1n) is 14.8. The van der Waals surface area contributed by atoms with E-state index >= 15 is 0 Å². The zero-order chi connectivity index (χ0) is 34.1. The van der Waals surface area contributed by atoms with Crippen LogP contribution in [0.25, 0.3) is 0 Å². The Kier molecular flexibility index (Phi) is 12.1. The lowest BCUT2D eigenvalue weighted by Gasteiger charge is -2.34. The van der Waals surface area contributed by atoms with Crippen LogP contribution in [-0.4, -0.2) is 58.0 Å². The van der Waals surface area contributed by atoms with E-state index in [2.05, 4.69) is 5.32 Å². The number of ether oxygens (including phenoxy) is 2. The standard InChI is InChI=1S/C35H37Cl2N3O6S/c1-24(2)38-35(42)31(20-25-9-6-5-7-10-25)39(22-26-11-8-12-28(37)19-26)34(41)23-40(29-15-13-27(36)14-16-29)47(43,44)30-17-18-32(45-3)33(21-30)46-4/h5-19,21,24,31H,20,22-23H2,1-4H3,(H,38,42)/t31-/m0/s1. The largest absolute Gasteiger partial charge is 0.493 e. The lowest BCUT2D eigenvalue weighted by atomic mass is 10.0. The van der Waals surface area contributed by atoms with Crippen molar-refractivity contribution in [2.75, 3.05) is 25.1 Å². The number of hydrogen-bond donors (Lipinski definition) is 1. The van der Waals surface area contributed by atoms with Crippen LogP contribution in [0.15, 0.2) is 102 Å². The summed E-state index contributed by atoms with van der Waals surface area (Å²) in [5.74, 6) is -0.441. The van der Waals surface area contributed by atoms with Crippen molar-refractivity contribution in [3.05, 3.63) is 118 Å². The van der Waals surface area contributed by atoms with Gasteiger partial charge in [0.2, 0.25) is 11.8 Å². The normalized spacial score (nSPS) is 11.9. The number of methoxy groups -OCH3 is 2. The van der Waals surface area contributed by atoms with Crippen LogP contribution in [-0.2, 0) is 32.6 Å². The van der Waals surface area contributed by atoms with Crippen molar-refractivity contribution in [1.29, 1.82) is 0 Å². The van der Waals surface area contributed by atoms with Crippen molar-refractivity contribution in [2.24, 2.45) is 0 Å². The number of sulfonamides is 1. The molecule has 1 atom stereocenters. The summed E-state index contributed by atoms with van der Waals surface area (Å²) in [5.41, 5.74) is 1.70. The van der Waals surface area contributed by atoms with Crippen LogP contribution < -0.4 is 19.1 Å². The molecule has 1 N–H and O–H groups in total. The van der Waals surface area contributed by atoms with Gasteiger partial charge in [-0.15, -0.1) is 0 Å². The second kappa shape index (κ2) is 16.0. The molecule has 2 amide bonds. The smallest absolute Gasteiger partial charge is 0.264 e. The van der Waals surface area contributed by atoms with Gasteiger partial charge < -0.3 is 19.7 Å². The van der Waals surface area contributed by atoms with E-state index in [9.17, 15) is 18.0 Å². The molecule has 0 aromatic heterocycles. The lowest BCUT2D eigenvalue weighted by Crippen LogP contribution is -2.54. The maximum atomic E-state index is 14.5. The highest BCUT2D eigenvalue weighted by atomic mass is 35.5. The predicted molar refractivity (Wildman–Crippen MR) is 185 cm³/mol. The highest BCUT2D eigenvalue weighted by Gasteiger charge is 2.35. The maximum Gasteiger partial charge on any atom is 0.264 e. The van der Waals surface area contributed by atoms with Crippen LogP contribution in [0, 0.1) is 0 Å². The average Bonchev–Trinajstić information content (AvgIpc) is 3.05. The molecule has 4 aromatic carbocycles. The molecule has 47 heavy (non-hydrogen) atoms. The SMILES string of the molecule is COc1ccc(S(=O)(=O)N(CC(=O)N(Cc2cccc(Cl)c2)[C@@H](Cc2ccccc2)C(=O)NC(C)C)c2ccc(Cl)cc2)cc1OC. The highest BCUT2D eigenvalue weighted by Crippen LogP contribution is 2.33. The van der Waals surface area contributed by atoms with Gasteiger partial charge in [-0.1, -0.05) is 65.7 Å². The van der Waals surface area contributed by atoms with Gasteiger partial charge in [0.1, 0.15) is 12.6 Å². The van der Waals surface area contributed by atoms with Crippen LogP contribution in [0.4, 0.5) is 5.69 Å². The molecular formula is C35H37Cl2N3O6S. The second-order valence-electron chi connectivity index (χ2n) is 11.0.